The number of hydrazine groups is 1. The highest BCUT2D eigenvalue weighted by Gasteiger charge is 2.15. The number of nitrogens with zero attached hydrogens (tertiary/aromatic N) is 2. The Hall–Kier alpha value is -0.740. The van der Waals surface area contributed by atoms with Gasteiger partial charge in [-0.05, 0) is 0 Å². The normalized spacial score (nSPS) is 20.8. The second kappa shape index (κ2) is 2.90. The molecule has 0 aliphatic carbocycles. The van der Waals surface area contributed by atoms with Crippen LogP contribution in [0.4, 0.5) is 0 Å². The van der Waals surface area contributed by atoms with Crippen LogP contribution in [0.1, 0.15) is 0 Å². The fourth-order valence-electron chi connectivity index (χ4n) is 0.936. The highest BCUT2D eigenvalue weighted by atomic mass is 35.5. The molecule has 2 N–H and O–H groups in total. The molecule has 0 atom stereocenters. The number of rotatable bonds is 0. The second-order valence-electron chi connectivity index (χ2n) is 1.97. The summed E-state index contributed by atoms with van der Waals surface area (Å²) in [4.78, 5) is 3.99. The summed E-state index contributed by atoms with van der Waals surface area (Å²) in [6, 6.07) is 0. The van der Waals surface area contributed by atoms with E-state index >= 15 is 0 Å². The summed E-state index contributed by atoms with van der Waals surface area (Å²) >= 11 is 0. The first-order valence-electron chi connectivity index (χ1n) is 2.93. The molecule has 0 bridgehead atoms. The highest BCUT2D eigenvalue weighted by Crippen LogP contribution is 2.03. The van der Waals surface area contributed by atoms with E-state index in [0.717, 1.165) is 19.0 Å². The van der Waals surface area contributed by atoms with Crippen molar-refractivity contribution >= 4 is 18.6 Å². The molecule has 0 radical (unpaired) electrons. The first-order chi connectivity index (χ1) is 4.47. The van der Waals surface area contributed by atoms with Gasteiger partial charge >= 0.3 is 0 Å². The molecule has 0 aromatic rings. The molecule has 0 aromatic heterocycles. The Morgan fingerprint density at radius 3 is 3.30 bits per heavy atom. The minimum Gasteiger partial charge on any atom is -0.355 e. The number of fused-ring (bicyclic) bond motifs is 1. The summed E-state index contributed by atoms with van der Waals surface area (Å²) in [6.07, 6.45) is 3.67. The van der Waals surface area contributed by atoms with Crippen molar-refractivity contribution < 1.29 is 0 Å². The lowest BCUT2D eigenvalue weighted by molar-refractivity contribution is 0.337. The van der Waals surface area contributed by atoms with E-state index in [2.05, 4.69) is 15.7 Å². The van der Waals surface area contributed by atoms with E-state index in [0.29, 0.717) is 0 Å². The lowest BCUT2D eigenvalue weighted by atomic mass is 10.5. The average molecular weight is 161 g/mol. The first-order valence-corrected chi connectivity index (χ1v) is 2.93. The third kappa shape index (κ3) is 1.08. The summed E-state index contributed by atoms with van der Waals surface area (Å²) in [5.41, 5.74) is 3.12. The molecule has 2 aliphatic rings. The van der Waals surface area contributed by atoms with Crippen LogP contribution in [0, 0.1) is 0 Å². The SMILES string of the molecule is C1=NC=C2NCNN2C1.Cl. The molecule has 0 amide bonds. The van der Waals surface area contributed by atoms with Crippen LogP contribution in [0.5, 0.6) is 0 Å². The third-order valence-corrected chi connectivity index (χ3v) is 1.40. The molecule has 56 valence electrons. The van der Waals surface area contributed by atoms with Crippen molar-refractivity contribution in [1.29, 1.82) is 0 Å². The smallest absolute Gasteiger partial charge is 0.136 e. The van der Waals surface area contributed by atoms with E-state index in [1.807, 2.05) is 17.4 Å². The lowest BCUT2D eigenvalue weighted by Crippen LogP contribution is -2.32. The minimum absolute atomic E-state index is 0. The van der Waals surface area contributed by atoms with Crippen LogP contribution in [0.25, 0.3) is 0 Å². The maximum atomic E-state index is 3.99. The molecule has 0 aromatic carbocycles. The number of hydrogen-bond donors (Lipinski definition) is 2. The maximum Gasteiger partial charge on any atom is 0.136 e. The fraction of sp³-hybridized carbons (Fsp3) is 0.400. The zero-order chi connectivity index (χ0) is 6.10. The summed E-state index contributed by atoms with van der Waals surface area (Å²) in [7, 11) is 0. The molecule has 2 aliphatic heterocycles. The minimum atomic E-state index is 0. The van der Waals surface area contributed by atoms with Crippen LogP contribution in [-0.4, -0.2) is 24.4 Å². The van der Waals surface area contributed by atoms with Crippen molar-refractivity contribution in [2.45, 2.75) is 0 Å². The molecule has 0 saturated carbocycles. The Morgan fingerprint density at radius 2 is 2.50 bits per heavy atom. The fourth-order valence-corrected chi connectivity index (χ4v) is 0.936. The van der Waals surface area contributed by atoms with Crippen LogP contribution in [0.3, 0.4) is 0 Å². The first kappa shape index (κ1) is 7.37. The van der Waals surface area contributed by atoms with Gasteiger partial charge < -0.3 is 5.32 Å². The Balaban J connectivity index is 0.000000500. The number of nitrogens with one attached hydrogen (secondary N) is 2. The molecule has 0 unspecified atom stereocenters. The Morgan fingerprint density at radius 1 is 1.60 bits per heavy atom. The van der Waals surface area contributed by atoms with Crippen LogP contribution in [0.2, 0.25) is 0 Å². The lowest BCUT2D eigenvalue weighted by Gasteiger charge is -2.16. The third-order valence-electron chi connectivity index (χ3n) is 1.40. The zero-order valence-electron chi connectivity index (χ0n) is 5.37. The monoisotopic (exact) mass is 160 g/mol. The standard InChI is InChI=1S/C5H8N4.ClH/c1-2-9-5(3-6-1)7-4-8-9;/h1,3,7-8H,2,4H2;1H. The number of aliphatic imine (C=N–C) groups is 1. The van der Waals surface area contributed by atoms with Gasteiger partial charge in [0.15, 0.2) is 0 Å². The largest absolute Gasteiger partial charge is 0.355 e. The molecule has 1 fully saturated rings. The van der Waals surface area contributed by atoms with Gasteiger partial charge in [0, 0.05) is 6.21 Å². The second-order valence-corrected chi connectivity index (χ2v) is 1.97. The quantitative estimate of drug-likeness (QED) is 0.510. The van der Waals surface area contributed by atoms with Gasteiger partial charge in [-0.15, -0.1) is 12.4 Å². The van der Waals surface area contributed by atoms with Crippen molar-refractivity contribution in [1.82, 2.24) is 15.8 Å². The Bertz CT molecular complexity index is 176. The van der Waals surface area contributed by atoms with Gasteiger partial charge in [-0.1, -0.05) is 0 Å². The van der Waals surface area contributed by atoms with Crippen LogP contribution < -0.4 is 10.7 Å². The van der Waals surface area contributed by atoms with E-state index < -0.39 is 0 Å². The van der Waals surface area contributed by atoms with Gasteiger partial charge in [0.05, 0.1) is 19.4 Å². The van der Waals surface area contributed by atoms with Gasteiger partial charge in [-0.2, -0.15) is 0 Å². The molecule has 4 nitrogen and oxygen atoms in total. The van der Waals surface area contributed by atoms with E-state index in [9.17, 15) is 0 Å². The van der Waals surface area contributed by atoms with E-state index in [1.165, 1.54) is 0 Å². The van der Waals surface area contributed by atoms with Crippen molar-refractivity contribution in [3.63, 3.8) is 0 Å². The van der Waals surface area contributed by atoms with Gasteiger partial charge in [-0.25, -0.2) is 5.43 Å². The van der Waals surface area contributed by atoms with Gasteiger partial charge in [0.25, 0.3) is 0 Å². The molecule has 0 spiro atoms. The van der Waals surface area contributed by atoms with E-state index in [-0.39, 0.29) is 12.4 Å². The van der Waals surface area contributed by atoms with Crippen LogP contribution >= 0.6 is 12.4 Å². The molecule has 5 heteroatoms. The predicted molar refractivity (Wildman–Crippen MR) is 41.7 cm³/mol. The summed E-state index contributed by atoms with van der Waals surface area (Å²) < 4.78 is 0. The van der Waals surface area contributed by atoms with E-state index in [4.69, 9.17) is 0 Å². The van der Waals surface area contributed by atoms with Crippen molar-refractivity contribution in [2.75, 3.05) is 13.2 Å². The van der Waals surface area contributed by atoms with E-state index in [1.54, 1.807) is 0 Å². The molecule has 10 heavy (non-hydrogen) atoms. The van der Waals surface area contributed by atoms with Gasteiger partial charge in [-0.3, -0.25) is 10.0 Å². The average Bonchev–Trinajstić information content (AvgIpc) is 2.33. The van der Waals surface area contributed by atoms with Crippen LogP contribution in [0.15, 0.2) is 17.0 Å². The van der Waals surface area contributed by atoms with Crippen LogP contribution in [-0.2, 0) is 0 Å². The Kier molecular flexibility index (Phi) is 2.13. The Labute approximate surface area is 65.4 Å². The van der Waals surface area contributed by atoms with Crippen molar-refractivity contribution in [3.05, 3.63) is 12.0 Å². The molecule has 2 rings (SSSR count). The maximum absolute atomic E-state index is 3.99. The summed E-state index contributed by atoms with van der Waals surface area (Å²) in [6.45, 7) is 1.67. The number of hydrogen-bond acceptors (Lipinski definition) is 4. The van der Waals surface area contributed by atoms with Gasteiger partial charge in [0.2, 0.25) is 0 Å². The molecular weight excluding hydrogens is 152 g/mol. The molecule has 1 saturated heterocycles. The zero-order valence-corrected chi connectivity index (χ0v) is 6.19. The van der Waals surface area contributed by atoms with Gasteiger partial charge in [0.1, 0.15) is 5.82 Å². The highest BCUT2D eigenvalue weighted by molar-refractivity contribution is 5.85. The number of halogens is 1. The molecule has 2 heterocycles. The summed E-state index contributed by atoms with van der Waals surface area (Å²) in [5.74, 6) is 1.07. The summed E-state index contributed by atoms with van der Waals surface area (Å²) in [5, 5.41) is 5.14. The topological polar surface area (TPSA) is 39.7 Å². The predicted octanol–water partition coefficient (Wildman–Crippen LogP) is -0.341. The van der Waals surface area contributed by atoms with Crippen molar-refractivity contribution in [3.8, 4) is 0 Å². The molecular formula is C5H9ClN4. The van der Waals surface area contributed by atoms with Crippen molar-refractivity contribution in [2.24, 2.45) is 4.99 Å².